The summed E-state index contributed by atoms with van der Waals surface area (Å²) in [6, 6.07) is 5.27. The minimum absolute atomic E-state index is 0.0418. The summed E-state index contributed by atoms with van der Waals surface area (Å²) in [4.78, 5) is 14.0. The van der Waals surface area contributed by atoms with Crippen LogP contribution in [0.15, 0.2) is 18.2 Å². The molecule has 1 saturated heterocycles. The number of amides is 1. The second kappa shape index (κ2) is 5.37. The summed E-state index contributed by atoms with van der Waals surface area (Å²) in [6.07, 6.45) is -0.280. The van der Waals surface area contributed by atoms with E-state index < -0.39 is 0 Å². The summed E-state index contributed by atoms with van der Waals surface area (Å²) in [5.41, 5.74) is 7.94. The fraction of sp³-hybridized carbons (Fsp3) is 0.462. The topological polar surface area (TPSA) is 75.8 Å². The van der Waals surface area contributed by atoms with Crippen molar-refractivity contribution in [2.75, 3.05) is 32.0 Å². The van der Waals surface area contributed by atoms with Gasteiger partial charge in [0.25, 0.3) is 5.91 Å². The molecule has 98 valence electrons. The molecule has 5 heteroatoms. The standard InChI is InChI=1S/C13H18N2O3/c1-9-6-10(2-3-12(9)14)13(17)15-4-5-18-11(7-15)8-16/h2-3,6,11,16H,4-5,7-8,14H2,1H3. The number of morpholine rings is 1. The van der Waals surface area contributed by atoms with E-state index in [1.54, 1.807) is 23.1 Å². The third-order valence-electron chi connectivity index (χ3n) is 3.15. The van der Waals surface area contributed by atoms with E-state index in [2.05, 4.69) is 0 Å². The monoisotopic (exact) mass is 250 g/mol. The van der Waals surface area contributed by atoms with Gasteiger partial charge in [0, 0.05) is 24.3 Å². The number of ether oxygens (including phenoxy) is 1. The first-order chi connectivity index (χ1) is 8.61. The molecule has 1 aliphatic rings. The van der Waals surface area contributed by atoms with Crippen molar-refractivity contribution in [3.63, 3.8) is 0 Å². The van der Waals surface area contributed by atoms with Crippen LogP contribution in [-0.4, -0.2) is 48.3 Å². The van der Waals surface area contributed by atoms with Gasteiger partial charge in [0.1, 0.15) is 0 Å². The molecule has 5 nitrogen and oxygen atoms in total. The molecule has 0 spiro atoms. The van der Waals surface area contributed by atoms with Crippen molar-refractivity contribution in [1.29, 1.82) is 0 Å². The largest absolute Gasteiger partial charge is 0.399 e. The lowest BCUT2D eigenvalue weighted by molar-refractivity contribution is -0.0447. The van der Waals surface area contributed by atoms with Crippen LogP contribution in [0.25, 0.3) is 0 Å². The fourth-order valence-electron chi connectivity index (χ4n) is 2.01. The Hall–Kier alpha value is -1.59. The molecule has 18 heavy (non-hydrogen) atoms. The zero-order chi connectivity index (χ0) is 13.1. The predicted octanol–water partition coefficient (Wildman–Crippen LogP) is 0.411. The van der Waals surface area contributed by atoms with E-state index in [9.17, 15) is 4.79 Å². The molecule has 1 atom stereocenters. The van der Waals surface area contributed by atoms with E-state index in [0.717, 1.165) is 5.56 Å². The van der Waals surface area contributed by atoms with E-state index >= 15 is 0 Å². The van der Waals surface area contributed by atoms with Gasteiger partial charge >= 0.3 is 0 Å². The Morgan fingerprint density at radius 1 is 1.61 bits per heavy atom. The van der Waals surface area contributed by atoms with Crippen LogP contribution in [0, 0.1) is 6.92 Å². The summed E-state index contributed by atoms with van der Waals surface area (Å²) in [7, 11) is 0. The normalized spacial score (nSPS) is 19.9. The highest BCUT2D eigenvalue weighted by atomic mass is 16.5. The molecule has 1 aliphatic heterocycles. The van der Waals surface area contributed by atoms with Crippen molar-refractivity contribution in [1.82, 2.24) is 4.90 Å². The first-order valence-electron chi connectivity index (χ1n) is 5.99. The van der Waals surface area contributed by atoms with Crippen LogP contribution in [0.1, 0.15) is 15.9 Å². The van der Waals surface area contributed by atoms with Crippen molar-refractivity contribution in [3.8, 4) is 0 Å². The number of benzene rings is 1. The Labute approximate surface area is 106 Å². The highest BCUT2D eigenvalue weighted by molar-refractivity contribution is 5.95. The van der Waals surface area contributed by atoms with Gasteiger partial charge in [-0.1, -0.05) is 0 Å². The zero-order valence-electron chi connectivity index (χ0n) is 10.4. The first-order valence-corrected chi connectivity index (χ1v) is 5.99. The van der Waals surface area contributed by atoms with Crippen molar-refractivity contribution in [2.24, 2.45) is 0 Å². The predicted molar refractivity (Wildman–Crippen MR) is 68.3 cm³/mol. The van der Waals surface area contributed by atoms with Gasteiger partial charge in [0.15, 0.2) is 0 Å². The highest BCUT2D eigenvalue weighted by Crippen LogP contribution is 2.16. The lowest BCUT2D eigenvalue weighted by atomic mass is 10.1. The molecule has 0 saturated carbocycles. The van der Waals surface area contributed by atoms with Gasteiger partial charge in [0.2, 0.25) is 0 Å². The maximum Gasteiger partial charge on any atom is 0.254 e. The minimum Gasteiger partial charge on any atom is -0.399 e. The molecule has 0 radical (unpaired) electrons. The Morgan fingerprint density at radius 3 is 3.06 bits per heavy atom. The van der Waals surface area contributed by atoms with E-state index in [1.165, 1.54) is 0 Å². The second-order valence-corrected chi connectivity index (χ2v) is 4.50. The molecule has 1 amide bonds. The van der Waals surface area contributed by atoms with Crippen molar-refractivity contribution in [3.05, 3.63) is 29.3 Å². The van der Waals surface area contributed by atoms with Crippen LogP contribution in [-0.2, 0) is 4.74 Å². The highest BCUT2D eigenvalue weighted by Gasteiger charge is 2.24. The Kier molecular flexibility index (Phi) is 3.84. The number of carbonyl (C=O) groups excluding carboxylic acids is 1. The summed E-state index contributed by atoms with van der Waals surface area (Å²) >= 11 is 0. The average molecular weight is 250 g/mol. The third-order valence-corrected chi connectivity index (χ3v) is 3.15. The number of nitrogen functional groups attached to an aromatic ring is 1. The maximum atomic E-state index is 12.3. The van der Waals surface area contributed by atoms with Crippen LogP contribution in [0.5, 0.6) is 0 Å². The van der Waals surface area contributed by atoms with Crippen LogP contribution in [0.4, 0.5) is 5.69 Å². The number of hydrogen-bond acceptors (Lipinski definition) is 4. The minimum atomic E-state index is -0.280. The molecule has 0 aromatic heterocycles. The molecule has 1 aromatic rings. The van der Waals surface area contributed by atoms with E-state index in [4.69, 9.17) is 15.6 Å². The number of aryl methyl sites for hydroxylation is 1. The van der Waals surface area contributed by atoms with Crippen LogP contribution in [0.3, 0.4) is 0 Å². The number of aliphatic hydroxyl groups excluding tert-OH is 1. The average Bonchev–Trinajstić information content (AvgIpc) is 2.41. The Balaban J connectivity index is 2.12. The van der Waals surface area contributed by atoms with Crippen molar-refractivity contribution < 1.29 is 14.6 Å². The van der Waals surface area contributed by atoms with Crippen molar-refractivity contribution in [2.45, 2.75) is 13.0 Å². The summed E-state index contributed by atoms with van der Waals surface area (Å²) in [6.45, 7) is 3.26. The smallest absolute Gasteiger partial charge is 0.254 e. The molecule has 1 fully saturated rings. The number of rotatable bonds is 2. The Bertz CT molecular complexity index is 448. The lowest BCUT2D eigenvalue weighted by Gasteiger charge is -2.32. The molecule has 1 aromatic carbocycles. The first kappa shape index (κ1) is 12.9. The summed E-state index contributed by atoms with van der Waals surface area (Å²) < 4.78 is 5.32. The van der Waals surface area contributed by atoms with E-state index in [1.807, 2.05) is 6.92 Å². The van der Waals surface area contributed by atoms with Gasteiger partial charge in [-0.3, -0.25) is 4.79 Å². The van der Waals surface area contributed by atoms with Gasteiger partial charge in [-0.25, -0.2) is 0 Å². The van der Waals surface area contributed by atoms with E-state index in [0.29, 0.717) is 30.9 Å². The molecule has 0 bridgehead atoms. The molecule has 1 unspecified atom stereocenters. The quantitative estimate of drug-likeness (QED) is 0.745. The van der Waals surface area contributed by atoms with Gasteiger partial charge < -0.3 is 20.5 Å². The van der Waals surface area contributed by atoms with E-state index in [-0.39, 0.29) is 18.6 Å². The third kappa shape index (κ3) is 2.63. The number of nitrogens with two attached hydrogens (primary N) is 1. The lowest BCUT2D eigenvalue weighted by Crippen LogP contribution is -2.46. The van der Waals surface area contributed by atoms with Gasteiger partial charge in [-0.15, -0.1) is 0 Å². The second-order valence-electron chi connectivity index (χ2n) is 4.50. The van der Waals surface area contributed by atoms with Crippen LogP contribution >= 0.6 is 0 Å². The molecule has 3 N–H and O–H groups in total. The number of anilines is 1. The van der Waals surface area contributed by atoms with Crippen molar-refractivity contribution >= 4 is 11.6 Å². The van der Waals surface area contributed by atoms with Gasteiger partial charge in [-0.05, 0) is 30.7 Å². The molecule has 1 heterocycles. The SMILES string of the molecule is Cc1cc(C(=O)N2CCOC(CO)C2)ccc1N. The number of hydrogen-bond donors (Lipinski definition) is 2. The van der Waals surface area contributed by atoms with Crippen LogP contribution < -0.4 is 5.73 Å². The molecule has 0 aliphatic carbocycles. The van der Waals surface area contributed by atoms with Crippen LogP contribution in [0.2, 0.25) is 0 Å². The molecular weight excluding hydrogens is 232 g/mol. The molecular formula is C13H18N2O3. The van der Waals surface area contributed by atoms with Gasteiger partial charge in [0.05, 0.1) is 19.3 Å². The molecule has 2 rings (SSSR count). The van der Waals surface area contributed by atoms with Gasteiger partial charge in [-0.2, -0.15) is 0 Å². The number of nitrogens with zero attached hydrogens (tertiary/aromatic N) is 1. The Morgan fingerprint density at radius 2 is 2.39 bits per heavy atom. The fourth-order valence-corrected chi connectivity index (χ4v) is 2.01. The number of aliphatic hydroxyl groups is 1. The summed E-state index contributed by atoms with van der Waals surface area (Å²) in [5, 5.41) is 9.06. The number of carbonyl (C=O) groups is 1. The maximum absolute atomic E-state index is 12.3. The summed E-state index contributed by atoms with van der Waals surface area (Å²) in [5.74, 6) is -0.0418. The zero-order valence-corrected chi connectivity index (χ0v) is 10.4.